The van der Waals surface area contributed by atoms with Gasteiger partial charge in [-0.1, -0.05) is 68.7 Å². The maximum Gasteiger partial charge on any atom is 0.164 e. The minimum atomic E-state index is 0.247. The SMILES string of the molecule is CCCCCC12CCC(c3nnc(-c4cccc5ccccc45)n3C)(CC1)CC2. The Balaban J connectivity index is 1.44. The zero-order valence-corrected chi connectivity index (χ0v) is 18.0. The molecular formula is C26H33N3. The topological polar surface area (TPSA) is 30.7 Å². The van der Waals surface area contributed by atoms with Gasteiger partial charge in [0, 0.05) is 18.0 Å². The van der Waals surface area contributed by atoms with E-state index in [1.807, 2.05) is 0 Å². The maximum atomic E-state index is 4.80. The fourth-order valence-electron chi connectivity index (χ4n) is 6.17. The van der Waals surface area contributed by atoms with E-state index in [1.165, 1.54) is 86.4 Å². The molecule has 0 atom stereocenters. The molecule has 0 amide bonds. The first-order chi connectivity index (χ1) is 14.2. The van der Waals surface area contributed by atoms with Gasteiger partial charge >= 0.3 is 0 Å². The molecule has 3 nitrogen and oxygen atoms in total. The lowest BCUT2D eigenvalue weighted by molar-refractivity contribution is 0.0250. The fraction of sp³-hybridized carbons (Fsp3) is 0.538. The van der Waals surface area contributed by atoms with Crippen LogP contribution in [0.25, 0.3) is 22.2 Å². The smallest absolute Gasteiger partial charge is 0.164 e. The Morgan fingerprint density at radius 1 is 0.862 bits per heavy atom. The van der Waals surface area contributed by atoms with E-state index < -0.39 is 0 Å². The highest BCUT2D eigenvalue weighted by atomic mass is 15.3. The summed E-state index contributed by atoms with van der Waals surface area (Å²) in [4.78, 5) is 0. The van der Waals surface area contributed by atoms with Crippen molar-refractivity contribution in [1.82, 2.24) is 14.8 Å². The van der Waals surface area contributed by atoms with Crippen LogP contribution in [0.3, 0.4) is 0 Å². The quantitative estimate of drug-likeness (QED) is 0.435. The minimum Gasteiger partial charge on any atom is -0.314 e. The molecule has 0 radical (unpaired) electrons. The van der Waals surface area contributed by atoms with Crippen LogP contribution < -0.4 is 0 Å². The van der Waals surface area contributed by atoms with Crippen LogP contribution in [-0.4, -0.2) is 14.8 Å². The third kappa shape index (κ3) is 3.10. The Morgan fingerprint density at radius 3 is 2.34 bits per heavy atom. The first-order valence-electron chi connectivity index (χ1n) is 11.5. The van der Waals surface area contributed by atoms with Gasteiger partial charge in [0.05, 0.1) is 0 Å². The molecule has 3 heteroatoms. The largest absolute Gasteiger partial charge is 0.314 e. The highest BCUT2D eigenvalue weighted by Crippen LogP contribution is 2.59. The van der Waals surface area contributed by atoms with Gasteiger partial charge in [0.2, 0.25) is 0 Å². The Kier molecular flexibility index (Phi) is 4.72. The predicted molar refractivity (Wildman–Crippen MR) is 120 cm³/mol. The van der Waals surface area contributed by atoms with E-state index in [0.717, 1.165) is 5.82 Å². The molecule has 0 unspecified atom stereocenters. The molecule has 0 aliphatic heterocycles. The minimum absolute atomic E-state index is 0.247. The van der Waals surface area contributed by atoms with Crippen molar-refractivity contribution in [2.75, 3.05) is 0 Å². The van der Waals surface area contributed by atoms with Gasteiger partial charge in [0.25, 0.3) is 0 Å². The summed E-state index contributed by atoms with van der Waals surface area (Å²) < 4.78 is 2.30. The Morgan fingerprint density at radius 2 is 1.59 bits per heavy atom. The zero-order chi connectivity index (χ0) is 19.9. The summed E-state index contributed by atoms with van der Waals surface area (Å²) in [6.07, 6.45) is 13.6. The predicted octanol–water partition coefficient (Wildman–Crippen LogP) is 6.81. The second-order valence-corrected chi connectivity index (χ2v) is 9.67. The van der Waals surface area contributed by atoms with Crippen molar-refractivity contribution in [2.45, 2.75) is 76.5 Å². The third-order valence-corrected chi connectivity index (χ3v) is 8.09. The summed E-state index contributed by atoms with van der Waals surface area (Å²) in [6.45, 7) is 2.31. The number of unbranched alkanes of at least 4 members (excludes halogenated alkanes) is 2. The Hall–Kier alpha value is -2.16. The number of fused-ring (bicyclic) bond motifs is 4. The molecule has 3 saturated carbocycles. The summed E-state index contributed by atoms with van der Waals surface area (Å²) in [7, 11) is 2.18. The van der Waals surface area contributed by atoms with Crippen molar-refractivity contribution in [3.8, 4) is 11.4 Å². The molecule has 29 heavy (non-hydrogen) atoms. The van der Waals surface area contributed by atoms with E-state index in [9.17, 15) is 0 Å². The van der Waals surface area contributed by atoms with Crippen molar-refractivity contribution in [2.24, 2.45) is 12.5 Å². The van der Waals surface area contributed by atoms with Gasteiger partial charge in [-0.25, -0.2) is 0 Å². The molecule has 3 aromatic rings. The second kappa shape index (κ2) is 7.27. The van der Waals surface area contributed by atoms with Crippen LogP contribution in [0.2, 0.25) is 0 Å². The lowest BCUT2D eigenvalue weighted by Gasteiger charge is -2.53. The molecule has 0 spiro atoms. The van der Waals surface area contributed by atoms with Crippen molar-refractivity contribution < 1.29 is 0 Å². The third-order valence-electron chi connectivity index (χ3n) is 8.09. The lowest BCUT2D eigenvalue weighted by atomic mass is 9.52. The summed E-state index contributed by atoms with van der Waals surface area (Å²) >= 11 is 0. The van der Waals surface area contributed by atoms with Gasteiger partial charge in [-0.2, -0.15) is 0 Å². The van der Waals surface area contributed by atoms with Crippen LogP contribution in [0.1, 0.15) is 77.0 Å². The number of hydrogen-bond donors (Lipinski definition) is 0. The number of nitrogens with zero attached hydrogens (tertiary/aromatic N) is 3. The molecule has 3 aliphatic carbocycles. The molecule has 0 saturated heterocycles. The molecule has 1 aromatic heterocycles. The van der Waals surface area contributed by atoms with Crippen LogP contribution in [0.15, 0.2) is 42.5 Å². The Labute approximate surface area is 174 Å². The van der Waals surface area contributed by atoms with Crippen LogP contribution >= 0.6 is 0 Å². The van der Waals surface area contributed by atoms with Crippen molar-refractivity contribution >= 4 is 10.8 Å². The molecule has 2 aromatic carbocycles. The maximum absolute atomic E-state index is 4.80. The molecule has 3 fully saturated rings. The van der Waals surface area contributed by atoms with E-state index in [1.54, 1.807) is 0 Å². The standard InChI is InChI=1S/C26H33N3/c1-3-4-7-13-25-14-17-26(18-15-25,19-16-25)24-28-27-23(29(24)2)22-12-8-10-20-9-5-6-11-21(20)22/h5-6,8-12H,3-4,7,13-19H2,1-2H3. The monoisotopic (exact) mass is 387 g/mol. The first kappa shape index (κ1) is 18.8. The van der Waals surface area contributed by atoms with Crippen molar-refractivity contribution in [1.29, 1.82) is 0 Å². The highest BCUT2D eigenvalue weighted by Gasteiger charge is 2.51. The van der Waals surface area contributed by atoms with Gasteiger partial charge in [-0.05, 0) is 61.1 Å². The van der Waals surface area contributed by atoms with Crippen LogP contribution in [0.4, 0.5) is 0 Å². The summed E-state index contributed by atoms with van der Waals surface area (Å²) in [6, 6.07) is 15.1. The molecule has 0 N–H and O–H groups in total. The number of hydrogen-bond acceptors (Lipinski definition) is 2. The number of benzene rings is 2. The summed E-state index contributed by atoms with van der Waals surface area (Å²) in [5.74, 6) is 2.24. The average molecular weight is 388 g/mol. The molecular weight excluding hydrogens is 354 g/mol. The summed E-state index contributed by atoms with van der Waals surface area (Å²) in [5.41, 5.74) is 2.08. The lowest BCUT2D eigenvalue weighted by Crippen LogP contribution is -2.45. The normalized spacial score (nSPS) is 26.3. The second-order valence-electron chi connectivity index (χ2n) is 9.67. The van der Waals surface area contributed by atoms with E-state index in [4.69, 9.17) is 10.2 Å². The van der Waals surface area contributed by atoms with Gasteiger partial charge in [0.15, 0.2) is 5.82 Å². The molecule has 6 rings (SSSR count). The van der Waals surface area contributed by atoms with E-state index in [2.05, 4.69) is 61.0 Å². The highest BCUT2D eigenvalue weighted by molar-refractivity contribution is 5.95. The van der Waals surface area contributed by atoms with Gasteiger partial charge in [0.1, 0.15) is 5.82 Å². The molecule has 3 aliphatic rings. The fourth-order valence-corrected chi connectivity index (χ4v) is 6.17. The van der Waals surface area contributed by atoms with Gasteiger partial charge < -0.3 is 4.57 Å². The number of aromatic nitrogens is 3. The average Bonchev–Trinajstić information content (AvgIpc) is 3.17. The van der Waals surface area contributed by atoms with Gasteiger partial charge in [-0.15, -0.1) is 10.2 Å². The van der Waals surface area contributed by atoms with Crippen molar-refractivity contribution in [3.63, 3.8) is 0 Å². The number of rotatable bonds is 6. The van der Waals surface area contributed by atoms with Crippen molar-refractivity contribution in [3.05, 3.63) is 48.3 Å². The van der Waals surface area contributed by atoms with E-state index in [0.29, 0.717) is 5.41 Å². The van der Waals surface area contributed by atoms with Crippen LogP contribution in [0.5, 0.6) is 0 Å². The Bertz CT molecular complexity index is 986. The van der Waals surface area contributed by atoms with Crippen LogP contribution in [-0.2, 0) is 12.5 Å². The molecule has 2 bridgehead atoms. The first-order valence-corrected chi connectivity index (χ1v) is 11.5. The van der Waals surface area contributed by atoms with Gasteiger partial charge in [-0.3, -0.25) is 0 Å². The molecule has 152 valence electrons. The summed E-state index contributed by atoms with van der Waals surface area (Å²) in [5, 5.41) is 12.0. The van der Waals surface area contributed by atoms with E-state index in [-0.39, 0.29) is 5.41 Å². The van der Waals surface area contributed by atoms with Crippen LogP contribution in [0, 0.1) is 5.41 Å². The zero-order valence-electron chi connectivity index (χ0n) is 18.0. The molecule has 1 heterocycles. The van der Waals surface area contributed by atoms with E-state index >= 15 is 0 Å².